The predicted molar refractivity (Wildman–Crippen MR) is 72.4 cm³/mol. The standard InChI is InChI=1S/C11H16N6S/c1-5-12-9-13-10(15-11(14-9)18-4)17-8(3)6-7(2)16-17/h6H,5H2,1-4H3,(H,12,13,14,15). The number of nitrogens with one attached hydrogen (secondary N) is 1. The number of aryl methyl sites for hydroxylation is 2. The highest BCUT2D eigenvalue weighted by molar-refractivity contribution is 7.98. The summed E-state index contributed by atoms with van der Waals surface area (Å²) in [7, 11) is 0. The van der Waals surface area contributed by atoms with Crippen molar-refractivity contribution in [3.63, 3.8) is 0 Å². The van der Waals surface area contributed by atoms with Gasteiger partial charge in [0.15, 0.2) is 5.16 Å². The summed E-state index contributed by atoms with van der Waals surface area (Å²) >= 11 is 1.49. The summed E-state index contributed by atoms with van der Waals surface area (Å²) < 4.78 is 1.73. The fourth-order valence-corrected chi connectivity index (χ4v) is 1.95. The molecular formula is C11H16N6S. The van der Waals surface area contributed by atoms with E-state index < -0.39 is 0 Å². The third-order valence-corrected chi connectivity index (χ3v) is 2.87. The monoisotopic (exact) mass is 264 g/mol. The lowest BCUT2D eigenvalue weighted by Crippen LogP contribution is -2.11. The van der Waals surface area contributed by atoms with Crippen molar-refractivity contribution in [2.45, 2.75) is 25.9 Å². The molecule has 6 nitrogen and oxygen atoms in total. The van der Waals surface area contributed by atoms with Crippen molar-refractivity contribution in [1.29, 1.82) is 0 Å². The van der Waals surface area contributed by atoms with Gasteiger partial charge in [-0.05, 0) is 33.1 Å². The zero-order valence-corrected chi connectivity index (χ0v) is 11.7. The normalized spacial score (nSPS) is 10.7. The van der Waals surface area contributed by atoms with Gasteiger partial charge in [0, 0.05) is 12.2 Å². The average Bonchev–Trinajstić information content (AvgIpc) is 2.68. The van der Waals surface area contributed by atoms with E-state index in [9.17, 15) is 0 Å². The van der Waals surface area contributed by atoms with Gasteiger partial charge in [-0.1, -0.05) is 11.8 Å². The van der Waals surface area contributed by atoms with Crippen molar-refractivity contribution in [2.24, 2.45) is 0 Å². The van der Waals surface area contributed by atoms with E-state index in [0.717, 1.165) is 17.9 Å². The number of thioether (sulfide) groups is 1. The third kappa shape index (κ3) is 2.61. The first kappa shape index (κ1) is 12.8. The van der Waals surface area contributed by atoms with Crippen molar-refractivity contribution in [3.05, 3.63) is 17.5 Å². The van der Waals surface area contributed by atoms with Gasteiger partial charge in [-0.3, -0.25) is 0 Å². The summed E-state index contributed by atoms with van der Waals surface area (Å²) in [4.78, 5) is 13.0. The van der Waals surface area contributed by atoms with E-state index in [0.29, 0.717) is 17.1 Å². The summed E-state index contributed by atoms with van der Waals surface area (Å²) in [6.45, 7) is 6.71. The molecule has 96 valence electrons. The van der Waals surface area contributed by atoms with Crippen LogP contribution in [0.2, 0.25) is 0 Å². The quantitative estimate of drug-likeness (QED) is 0.850. The van der Waals surface area contributed by atoms with E-state index in [4.69, 9.17) is 0 Å². The first-order valence-electron chi connectivity index (χ1n) is 5.71. The first-order valence-corrected chi connectivity index (χ1v) is 6.94. The van der Waals surface area contributed by atoms with E-state index in [2.05, 4.69) is 25.4 Å². The number of aromatic nitrogens is 5. The molecule has 0 aromatic carbocycles. The summed E-state index contributed by atoms with van der Waals surface area (Å²) in [5, 5.41) is 8.17. The molecule has 2 aromatic heterocycles. The summed E-state index contributed by atoms with van der Waals surface area (Å²) in [5.41, 5.74) is 1.96. The van der Waals surface area contributed by atoms with Crippen molar-refractivity contribution in [2.75, 3.05) is 18.1 Å². The Morgan fingerprint density at radius 1 is 1.28 bits per heavy atom. The van der Waals surface area contributed by atoms with E-state index in [1.807, 2.05) is 33.1 Å². The number of rotatable bonds is 4. The first-order chi connectivity index (χ1) is 8.63. The average molecular weight is 264 g/mol. The topological polar surface area (TPSA) is 68.5 Å². The molecule has 2 aromatic rings. The minimum absolute atomic E-state index is 0.552. The molecule has 0 fully saturated rings. The smallest absolute Gasteiger partial charge is 0.256 e. The van der Waals surface area contributed by atoms with Crippen molar-refractivity contribution in [1.82, 2.24) is 24.7 Å². The Hall–Kier alpha value is -1.63. The SMILES string of the molecule is CCNc1nc(SC)nc(-n2nc(C)cc2C)n1. The fourth-order valence-electron chi connectivity index (χ4n) is 1.60. The van der Waals surface area contributed by atoms with Gasteiger partial charge < -0.3 is 5.32 Å². The molecule has 0 spiro atoms. The minimum Gasteiger partial charge on any atom is -0.354 e. The summed E-state index contributed by atoms with van der Waals surface area (Å²) in [6, 6.07) is 2.00. The molecule has 0 amide bonds. The van der Waals surface area contributed by atoms with Crippen LogP contribution in [0.15, 0.2) is 11.2 Å². The van der Waals surface area contributed by atoms with Crippen LogP contribution in [0.1, 0.15) is 18.3 Å². The molecule has 0 aliphatic heterocycles. The van der Waals surface area contributed by atoms with Crippen LogP contribution in [0.25, 0.3) is 5.95 Å². The van der Waals surface area contributed by atoms with Gasteiger partial charge in [0.2, 0.25) is 5.95 Å². The maximum Gasteiger partial charge on any atom is 0.256 e. The minimum atomic E-state index is 0.552. The van der Waals surface area contributed by atoms with Crippen LogP contribution in [0.3, 0.4) is 0 Å². The molecule has 0 aliphatic carbocycles. The van der Waals surface area contributed by atoms with E-state index in [1.54, 1.807) is 4.68 Å². The van der Waals surface area contributed by atoms with Gasteiger partial charge in [0.25, 0.3) is 5.95 Å². The molecule has 0 atom stereocenters. The highest BCUT2D eigenvalue weighted by Crippen LogP contribution is 2.14. The second-order valence-electron chi connectivity index (χ2n) is 3.81. The number of hydrogen-bond donors (Lipinski definition) is 1. The Kier molecular flexibility index (Phi) is 3.81. The molecule has 0 aliphatic rings. The molecule has 7 heteroatoms. The lowest BCUT2D eigenvalue weighted by atomic mass is 10.4. The maximum absolute atomic E-state index is 4.38. The predicted octanol–water partition coefficient (Wildman–Crippen LogP) is 1.83. The lowest BCUT2D eigenvalue weighted by molar-refractivity contribution is 0.737. The molecule has 2 rings (SSSR count). The van der Waals surface area contributed by atoms with Gasteiger partial charge in [-0.2, -0.15) is 20.1 Å². The number of anilines is 1. The van der Waals surface area contributed by atoms with Crippen LogP contribution in [-0.4, -0.2) is 37.5 Å². The summed E-state index contributed by atoms with van der Waals surface area (Å²) in [6.07, 6.45) is 1.94. The largest absolute Gasteiger partial charge is 0.354 e. The van der Waals surface area contributed by atoms with Crippen LogP contribution in [0.5, 0.6) is 0 Å². The molecule has 0 radical (unpaired) electrons. The Labute approximate surface area is 110 Å². The molecule has 0 unspecified atom stereocenters. The van der Waals surface area contributed by atoms with Crippen LogP contribution in [0, 0.1) is 13.8 Å². The summed E-state index contributed by atoms with van der Waals surface area (Å²) in [5.74, 6) is 1.13. The second-order valence-corrected chi connectivity index (χ2v) is 4.59. The fraction of sp³-hybridized carbons (Fsp3) is 0.455. The van der Waals surface area contributed by atoms with Crippen LogP contribution in [-0.2, 0) is 0 Å². The van der Waals surface area contributed by atoms with Crippen LogP contribution >= 0.6 is 11.8 Å². The molecule has 1 N–H and O–H groups in total. The van der Waals surface area contributed by atoms with Gasteiger partial charge in [-0.25, -0.2) is 4.68 Å². The van der Waals surface area contributed by atoms with E-state index in [1.165, 1.54) is 11.8 Å². The van der Waals surface area contributed by atoms with Crippen molar-refractivity contribution in [3.8, 4) is 5.95 Å². The second kappa shape index (κ2) is 5.34. The highest BCUT2D eigenvalue weighted by atomic mass is 32.2. The zero-order chi connectivity index (χ0) is 13.1. The number of nitrogens with zero attached hydrogens (tertiary/aromatic N) is 5. The Balaban J connectivity index is 2.49. The Morgan fingerprint density at radius 3 is 2.61 bits per heavy atom. The Bertz CT molecular complexity index is 550. The van der Waals surface area contributed by atoms with Crippen molar-refractivity contribution >= 4 is 17.7 Å². The van der Waals surface area contributed by atoms with Crippen LogP contribution < -0.4 is 5.32 Å². The molecular weight excluding hydrogens is 248 g/mol. The number of hydrogen-bond acceptors (Lipinski definition) is 6. The van der Waals surface area contributed by atoms with Gasteiger partial charge in [-0.15, -0.1) is 0 Å². The molecule has 0 bridgehead atoms. The maximum atomic E-state index is 4.38. The van der Waals surface area contributed by atoms with Crippen LogP contribution in [0.4, 0.5) is 5.95 Å². The third-order valence-electron chi connectivity index (χ3n) is 2.32. The Morgan fingerprint density at radius 2 is 2.06 bits per heavy atom. The van der Waals surface area contributed by atoms with Gasteiger partial charge in [0.1, 0.15) is 0 Å². The molecule has 18 heavy (non-hydrogen) atoms. The molecule has 0 saturated heterocycles. The van der Waals surface area contributed by atoms with Gasteiger partial charge in [0.05, 0.1) is 5.69 Å². The van der Waals surface area contributed by atoms with Gasteiger partial charge >= 0.3 is 0 Å². The van der Waals surface area contributed by atoms with E-state index in [-0.39, 0.29) is 0 Å². The highest BCUT2D eigenvalue weighted by Gasteiger charge is 2.10. The molecule has 0 saturated carbocycles. The lowest BCUT2D eigenvalue weighted by Gasteiger charge is -2.07. The van der Waals surface area contributed by atoms with E-state index >= 15 is 0 Å². The van der Waals surface area contributed by atoms with Crippen molar-refractivity contribution < 1.29 is 0 Å². The molecule has 2 heterocycles. The zero-order valence-electron chi connectivity index (χ0n) is 10.9.